The molecule has 33 heavy (non-hydrogen) atoms. The summed E-state index contributed by atoms with van der Waals surface area (Å²) in [5, 5.41) is 11.2. The molecule has 1 N–H and O–H groups in total. The molecule has 0 aliphatic carbocycles. The fourth-order valence-electron chi connectivity index (χ4n) is 3.99. The fourth-order valence-corrected chi connectivity index (χ4v) is 3.99. The van der Waals surface area contributed by atoms with Crippen LogP contribution in [0.1, 0.15) is 39.2 Å². The molecule has 6 heteroatoms. The van der Waals surface area contributed by atoms with E-state index in [0.29, 0.717) is 29.6 Å². The number of aromatic hydroxyl groups is 1. The predicted molar refractivity (Wildman–Crippen MR) is 128 cm³/mol. The van der Waals surface area contributed by atoms with Crippen molar-refractivity contribution in [2.75, 3.05) is 13.9 Å². The molecular weight excluding hydrogens is 420 g/mol. The van der Waals surface area contributed by atoms with E-state index >= 15 is 0 Å². The van der Waals surface area contributed by atoms with Gasteiger partial charge in [0.25, 0.3) is 0 Å². The summed E-state index contributed by atoms with van der Waals surface area (Å²) in [4.78, 5) is 12.9. The van der Waals surface area contributed by atoms with Gasteiger partial charge in [0.15, 0.2) is 12.2 Å². The number of phenols is 1. The molecule has 1 atom stereocenters. The highest BCUT2D eigenvalue weighted by atomic mass is 16.7. The van der Waals surface area contributed by atoms with E-state index in [-0.39, 0.29) is 34.5 Å². The quantitative estimate of drug-likeness (QED) is 0.260. The summed E-state index contributed by atoms with van der Waals surface area (Å²) in [5.74, 6) is 0.729. The number of allylic oxidation sites excluding steroid dienone is 2. The molecule has 1 fully saturated rings. The zero-order valence-corrected chi connectivity index (χ0v) is 19.5. The van der Waals surface area contributed by atoms with Crippen LogP contribution in [0.5, 0.6) is 11.5 Å². The van der Waals surface area contributed by atoms with Gasteiger partial charge in [0.05, 0.1) is 11.7 Å². The maximum atomic E-state index is 12.9. The van der Waals surface area contributed by atoms with E-state index in [1.807, 2.05) is 30.3 Å². The van der Waals surface area contributed by atoms with Crippen LogP contribution in [0, 0.1) is 0 Å². The Hall–Kier alpha value is -3.09. The number of hydrogen-bond donors (Lipinski definition) is 1. The Balaban J connectivity index is 1.67. The molecule has 1 aliphatic rings. The molecule has 2 heterocycles. The van der Waals surface area contributed by atoms with Crippen LogP contribution in [0.2, 0.25) is 0 Å². The van der Waals surface area contributed by atoms with Crippen LogP contribution in [0.25, 0.3) is 22.3 Å². The van der Waals surface area contributed by atoms with Gasteiger partial charge in [0, 0.05) is 30.4 Å². The number of rotatable bonds is 9. The first kappa shape index (κ1) is 23.1. The summed E-state index contributed by atoms with van der Waals surface area (Å²) < 4.78 is 22.4. The standard InChI is InChI=1S/C27H30O6/c1-17(11-13-24-27(2,3)33-24)10-12-19-22(31-16-30-4)15-23-25(26(19)29)20(28)14-21(32-23)18-8-6-5-7-9-18/h5-10,14-15,24,29H,11-13,16H2,1-4H3/b17-10+/t24-/m0/s1. The summed E-state index contributed by atoms with van der Waals surface area (Å²) in [6, 6.07) is 12.4. The molecule has 6 nitrogen and oxygen atoms in total. The average Bonchev–Trinajstić information content (AvgIpc) is 3.42. The minimum Gasteiger partial charge on any atom is -0.507 e. The lowest BCUT2D eigenvalue weighted by Crippen LogP contribution is -2.06. The normalized spacial score (nSPS) is 17.3. The molecule has 0 bridgehead atoms. The van der Waals surface area contributed by atoms with Gasteiger partial charge in [-0.25, -0.2) is 0 Å². The molecule has 4 rings (SSSR count). The summed E-state index contributed by atoms with van der Waals surface area (Å²) in [6.07, 6.45) is 4.62. The van der Waals surface area contributed by atoms with Crippen molar-refractivity contribution in [1.29, 1.82) is 0 Å². The third-order valence-corrected chi connectivity index (χ3v) is 6.07. The molecule has 1 saturated heterocycles. The number of benzene rings is 2. The Labute approximate surface area is 193 Å². The van der Waals surface area contributed by atoms with E-state index in [4.69, 9.17) is 18.6 Å². The van der Waals surface area contributed by atoms with E-state index < -0.39 is 0 Å². The van der Waals surface area contributed by atoms with Gasteiger partial charge in [-0.1, -0.05) is 42.0 Å². The largest absolute Gasteiger partial charge is 0.507 e. The van der Waals surface area contributed by atoms with E-state index in [0.717, 1.165) is 18.4 Å². The van der Waals surface area contributed by atoms with Crippen molar-refractivity contribution < 1.29 is 23.7 Å². The van der Waals surface area contributed by atoms with Gasteiger partial charge in [-0.2, -0.15) is 0 Å². The number of ether oxygens (including phenoxy) is 3. The number of epoxide rings is 1. The van der Waals surface area contributed by atoms with Crippen LogP contribution in [-0.4, -0.2) is 30.7 Å². The number of hydrogen-bond acceptors (Lipinski definition) is 6. The molecule has 0 radical (unpaired) electrons. The van der Waals surface area contributed by atoms with E-state index in [1.165, 1.54) is 18.7 Å². The highest BCUT2D eigenvalue weighted by molar-refractivity contribution is 5.88. The molecule has 174 valence electrons. The van der Waals surface area contributed by atoms with Crippen LogP contribution in [0.3, 0.4) is 0 Å². The Morgan fingerprint density at radius 3 is 2.61 bits per heavy atom. The Bertz CT molecular complexity index is 1220. The maximum absolute atomic E-state index is 12.9. The highest BCUT2D eigenvalue weighted by Crippen LogP contribution is 2.40. The summed E-state index contributed by atoms with van der Waals surface area (Å²) >= 11 is 0. The van der Waals surface area contributed by atoms with Crippen LogP contribution < -0.4 is 10.2 Å². The summed E-state index contributed by atoms with van der Waals surface area (Å²) in [6.45, 7) is 6.26. The van der Waals surface area contributed by atoms with Gasteiger partial charge < -0.3 is 23.7 Å². The zero-order valence-electron chi connectivity index (χ0n) is 19.5. The highest BCUT2D eigenvalue weighted by Gasteiger charge is 2.46. The lowest BCUT2D eigenvalue weighted by atomic mass is 10.00. The predicted octanol–water partition coefficient (Wildman–Crippen LogP) is 5.59. The second kappa shape index (κ2) is 9.41. The minimum absolute atomic E-state index is 0.0113. The van der Waals surface area contributed by atoms with Crippen LogP contribution in [-0.2, 0) is 15.9 Å². The second-order valence-electron chi connectivity index (χ2n) is 8.97. The lowest BCUT2D eigenvalue weighted by molar-refractivity contribution is 0.0504. The SMILES string of the molecule is COCOc1cc2oc(-c3ccccc3)cc(=O)c2c(O)c1C/C=C(\C)CC[C@@H]1OC1(C)C. The number of fused-ring (bicyclic) bond motifs is 1. The Morgan fingerprint density at radius 2 is 1.94 bits per heavy atom. The molecule has 1 aromatic heterocycles. The lowest BCUT2D eigenvalue weighted by Gasteiger charge is -2.14. The van der Waals surface area contributed by atoms with Gasteiger partial charge in [-0.3, -0.25) is 4.79 Å². The topological polar surface area (TPSA) is 81.4 Å². The van der Waals surface area contributed by atoms with Crippen molar-refractivity contribution in [1.82, 2.24) is 0 Å². The second-order valence-corrected chi connectivity index (χ2v) is 8.97. The van der Waals surface area contributed by atoms with Crippen LogP contribution in [0.4, 0.5) is 0 Å². The minimum atomic E-state index is -0.305. The monoisotopic (exact) mass is 450 g/mol. The summed E-state index contributed by atoms with van der Waals surface area (Å²) in [7, 11) is 1.53. The van der Waals surface area contributed by atoms with Gasteiger partial charge in [0.2, 0.25) is 0 Å². The molecule has 0 spiro atoms. The average molecular weight is 451 g/mol. The van der Waals surface area contributed by atoms with Crippen molar-refractivity contribution in [2.24, 2.45) is 0 Å². The smallest absolute Gasteiger partial charge is 0.197 e. The van der Waals surface area contributed by atoms with Gasteiger partial charge in [-0.15, -0.1) is 0 Å². The maximum Gasteiger partial charge on any atom is 0.197 e. The number of methoxy groups -OCH3 is 1. The van der Waals surface area contributed by atoms with Gasteiger partial charge in [0.1, 0.15) is 28.2 Å². The first-order chi connectivity index (χ1) is 15.8. The Kier molecular flexibility index (Phi) is 6.58. The number of phenolic OH excluding ortho intramolecular Hbond substituents is 1. The van der Waals surface area contributed by atoms with Crippen molar-refractivity contribution >= 4 is 11.0 Å². The molecule has 0 amide bonds. The van der Waals surface area contributed by atoms with Crippen molar-refractivity contribution in [3.8, 4) is 22.8 Å². The Morgan fingerprint density at radius 1 is 1.21 bits per heavy atom. The third kappa shape index (κ3) is 5.13. The molecule has 0 unspecified atom stereocenters. The van der Waals surface area contributed by atoms with Crippen molar-refractivity contribution in [3.63, 3.8) is 0 Å². The molecule has 1 aliphatic heterocycles. The van der Waals surface area contributed by atoms with Crippen molar-refractivity contribution in [3.05, 3.63) is 69.9 Å². The van der Waals surface area contributed by atoms with E-state index in [9.17, 15) is 9.90 Å². The fraction of sp³-hybridized carbons (Fsp3) is 0.370. The third-order valence-electron chi connectivity index (χ3n) is 6.07. The first-order valence-electron chi connectivity index (χ1n) is 11.1. The molecule has 3 aromatic rings. The van der Waals surface area contributed by atoms with Gasteiger partial charge >= 0.3 is 0 Å². The first-order valence-corrected chi connectivity index (χ1v) is 11.1. The van der Waals surface area contributed by atoms with E-state index in [1.54, 1.807) is 6.07 Å². The van der Waals surface area contributed by atoms with Crippen molar-refractivity contribution in [2.45, 2.75) is 51.7 Å². The van der Waals surface area contributed by atoms with Gasteiger partial charge in [-0.05, 0) is 40.0 Å². The van der Waals surface area contributed by atoms with Crippen LogP contribution >= 0.6 is 0 Å². The zero-order chi connectivity index (χ0) is 23.6. The van der Waals surface area contributed by atoms with Crippen LogP contribution in [0.15, 0.2) is 63.3 Å². The molecule has 2 aromatic carbocycles. The summed E-state index contributed by atoms with van der Waals surface area (Å²) in [5.41, 5.74) is 2.43. The molecule has 0 saturated carbocycles. The molecular formula is C27H30O6. The van der Waals surface area contributed by atoms with E-state index in [2.05, 4.69) is 26.8 Å².